The highest BCUT2D eigenvalue weighted by atomic mass is 16.2. The SMILES string of the molecule is Cc1cccc(C[C@H](NC(=O)[C@H]2CCCN2C)C(=O)NCc2cnc3[nH]ccc3c2)c1. The normalized spacial score (nSPS) is 17.5. The first-order chi connectivity index (χ1) is 15.0. The van der Waals surface area contributed by atoms with Crippen molar-refractivity contribution in [2.45, 2.75) is 44.8 Å². The van der Waals surface area contributed by atoms with E-state index in [0.29, 0.717) is 13.0 Å². The number of hydrogen-bond acceptors (Lipinski definition) is 4. The number of carbonyl (C=O) groups excluding carboxylic acids is 2. The molecule has 0 saturated carbocycles. The fraction of sp³-hybridized carbons (Fsp3) is 0.375. The van der Waals surface area contributed by atoms with Gasteiger partial charge in [-0.1, -0.05) is 29.8 Å². The number of nitrogens with one attached hydrogen (secondary N) is 3. The molecule has 0 bridgehead atoms. The Hall–Kier alpha value is -3.19. The molecular formula is C24H29N5O2. The van der Waals surface area contributed by atoms with Crippen molar-refractivity contribution >= 4 is 22.8 Å². The number of H-pyrrole nitrogens is 1. The van der Waals surface area contributed by atoms with Crippen molar-refractivity contribution in [2.24, 2.45) is 0 Å². The van der Waals surface area contributed by atoms with E-state index in [1.807, 2.05) is 50.5 Å². The summed E-state index contributed by atoms with van der Waals surface area (Å²) in [5, 5.41) is 6.99. The molecular weight excluding hydrogens is 390 g/mol. The van der Waals surface area contributed by atoms with E-state index >= 15 is 0 Å². The monoisotopic (exact) mass is 419 g/mol. The van der Waals surface area contributed by atoms with Crippen LogP contribution in [-0.2, 0) is 22.6 Å². The van der Waals surface area contributed by atoms with Crippen molar-refractivity contribution < 1.29 is 9.59 Å². The van der Waals surface area contributed by atoms with Crippen LogP contribution in [0.3, 0.4) is 0 Å². The standard InChI is InChI=1S/C24H29N5O2/c1-16-5-3-6-17(11-16)13-20(28-24(31)21-7-4-10-29(21)2)23(30)27-15-18-12-19-8-9-25-22(19)26-14-18/h3,5-6,8-9,11-12,14,20-21H,4,7,10,13,15H2,1-2H3,(H,25,26)(H,27,30)(H,28,31)/t20-,21+/m0/s1. The van der Waals surface area contributed by atoms with Crippen LogP contribution in [0.25, 0.3) is 11.0 Å². The quantitative estimate of drug-likeness (QED) is 0.548. The first-order valence-electron chi connectivity index (χ1n) is 10.8. The molecule has 162 valence electrons. The Bertz CT molecular complexity index is 1080. The Kier molecular flexibility index (Phi) is 6.32. The minimum Gasteiger partial charge on any atom is -0.350 e. The Labute approximate surface area is 182 Å². The summed E-state index contributed by atoms with van der Waals surface area (Å²) in [4.78, 5) is 35.4. The van der Waals surface area contributed by atoms with Gasteiger partial charge in [-0.3, -0.25) is 14.5 Å². The highest BCUT2D eigenvalue weighted by Crippen LogP contribution is 2.16. The van der Waals surface area contributed by atoms with Gasteiger partial charge in [-0.05, 0) is 56.6 Å². The predicted molar refractivity (Wildman–Crippen MR) is 120 cm³/mol. The molecule has 1 aromatic carbocycles. The Morgan fingerprint density at radius 3 is 2.90 bits per heavy atom. The Balaban J connectivity index is 1.46. The number of rotatable bonds is 7. The number of carbonyl (C=O) groups is 2. The molecule has 0 aliphatic carbocycles. The van der Waals surface area contributed by atoms with Gasteiger partial charge >= 0.3 is 0 Å². The Morgan fingerprint density at radius 1 is 1.26 bits per heavy atom. The van der Waals surface area contributed by atoms with Gasteiger partial charge in [0.25, 0.3) is 0 Å². The summed E-state index contributed by atoms with van der Waals surface area (Å²) in [6.07, 6.45) is 5.86. The number of pyridine rings is 1. The molecule has 0 radical (unpaired) electrons. The number of aromatic nitrogens is 2. The lowest BCUT2D eigenvalue weighted by Crippen LogP contribution is -2.52. The topological polar surface area (TPSA) is 90.1 Å². The molecule has 3 N–H and O–H groups in total. The van der Waals surface area contributed by atoms with Crippen LogP contribution in [0.2, 0.25) is 0 Å². The zero-order chi connectivity index (χ0) is 21.8. The van der Waals surface area contributed by atoms with Gasteiger partial charge in [-0.25, -0.2) is 4.98 Å². The van der Waals surface area contributed by atoms with Crippen molar-refractivity contribution in [3.63, 3.8) is 0 Å². The zero-order valence-electron chi connectivity index (χ0n) is 18.0. The number of likely N-dealkylation sites (tertiary alicyclic amines) is 1. The Morgan fingerprint density at radius 2 is 2.13 bits per heavy atom. The summed E-state index contributed by atoms with van der Waals surface area (Å²) in [7, 11) is 1.96. The summed E-state index contributed by atoms with van der Waals surface area (Å²) in [5.74, 6) is -0.270. The summed E-state index contributed by atoms with van der Waals surface area (Å²) >= 11 is 0. The van der Waals surface area contributed by atoms with Crippen LogP contribution >= 0.6 is 0 Å². The fourth-order valence-electron chi connectivity index (χ4n) is 4.19. The first kappa shape index (κ1) is 21.1. The van der Waals surface area contributed by atoms with Crippen molar-refractivity contribution in [3.8, 4) is 0 Å². The van der Waals surface area contributed by atoms with Crippen LogP contribution < -0.4 is 10.6 Å². The summed E-state index contributed by atoms with van der Waals surface area (Å²) in [6.45, 7) is 3.28. The lowest BCUT2D eigenvalue weighted by molar-refractivity contribution is -0.131. The molecule has 2 amide bonds. The minimum atomic E-state index is -0.632. The predicted octanol–water partition coefficient (Wildman–Crippen LogP) is 2.31. The second-order valence-corrected chi connectivity index (χ2v) is 8.37. The first-order valence-corrected chi connectivity index (χ1v) is 10.8. The van der Waals surface area contributed by atoms with Crippen molar-refractivity contribution in [3.05, 3.63) is 65.5 Å². The van der Waals surface area contributed by atoms with Crippen LogP contribution in [0.15, 0.2) is 48.8 Å². The fourth-order valence-corrected chi connectivity index (χ4v) is 4.19. The molecule has 2 atom stereocenters. The maximum absolute atomic E-state index is 13.1. The van der Waals surface area contributed by atoms with E-state index in [0.717, 1.165) is 47.1 Å². The largest absolute Gasteiger partial charge is 0.350 e. The van der Waals surface area contributed by atoms with Crippen molar-refractivity contribution in [1.82, 2.24) is 25.5 Å². The molecule has 0 unspecified atom stereocenters. The molecule has 31 heavy (non-hydrogen) atoms. The van der Waals surface area contributed by atoms with Crippen LogP contribution in [0.1, 0.15) is 29.5 Å². The number of hydrogen-bond donors (Lipinski definition) is 3. The molecule has 3 aromatic rings. The van der Waals surface area contributed by atoms with Crippen LogP contribution in [0.4, 0.5) is 0 Å². The number of fused-ring (bicyclic) bond motifs is 1. The van der Waals surface area contributed by atoms with E-state index in [2.05, 4.69) is 31.6 Å². The van der Waals surface area contributed by atoms with Crippen molar-refractivity contribution in [1.29, 1.82) is 0 Å². The van der Waals surface area contributed by atoms with E-state index in [-0.39, 0.29) is 17.9 Å². The lowest BCUT2D eigenvalue weighted by Gasteiger charge is -2.24. The van der Waals surface area contributed by atoms with E-state index in [4.69, 9.17) is 0 Å². The molecule has 3 heterocycles. The van der Waals surface area contributed by atoms with Gasteiger partial charge in [-0.15, -0.1) is 0 Å². The molecule has 4 rings (SSSR count). The molecule has 2 aromatic heterocycles. The number of aromatic amines is 1. The van der Waals surface area contributed by atoms with E-state index in [9.17, 15) is 9.59 Å². The summed E-state index contributed by atoms with van der Waals surface area (Å²) in [5.41, 5.74) is 3.89. The van der Waals surface area contributed by atoms with Crippen molar-refractivity contribution in [2.75, 3.05) is 13.6 Å². The molecule has 1 saturated heterocycles. The number of likely N-dealkylation sites (N-methyl/N-ethyl adjacent to an activating group) is 1. The number of aryl methyl sites for hydroxylation is 1. The van der Waals surface area contributed by atoms with E-state index in [1.165, 1.54) is 0 Å². The molecule has 7 heteroatoms. The van der Waals surface area contributed by atoms with E-state index in [1.54, 1.807) is 6.20 Å². The van der Waals surface area contributed by atoms with Gasteiger partial charge in [0, 0.05) is 30.7 Å². The highest BCUT2D eigenvalue weighted by Gasteiger charge is 2.31. The molecule has 0 spiro atoms. The average Bonchev–Trinajstić information content (AvgIpc) is 3.39. The number of benzene rings is 1. The number of nitrogens with zero attached hydrogens (tertiary/aromatic N) is 2. The third kappa shape index (κ3) is 5.11. The van der Waals surface area contributed by atoms with E-state index < -0.39 is 6.04 Å². The van der Waals surface area contributed by atoms with Gasteiger partial charge < -0.3 is 15.6 Å². The van der Waals surface area contributed by atoms with Gasteiger partial charge in [0.05, 0.1) is 6.04 Å². The molecule has 1 aliphatic rings. The smallest absolute Gasteiger partial charge is 0.243 e. The van der Waals surface area contributed by atoms with Crippen LogP contribution in [-0.4, -0.2) is 52.4 Å². The van der Waals surface area contributed by atoms with Gasteiger partial charge in [-0.2, -0.15) is 0 Å². The second-order valence-electron chi connectivity index (χ2n) is 8.37. The van der Waals surface area contributed by atoms with Crippen LogP contribution in [0, 0.1) is 6.92 Å². The third-order valence-corrected chi connectivity index (χ3v) is 5.90. The average molecular weight is 420 g/mol. The maximum Gasteiger partial charge on any atom is 0.243 e. The highest BCUT2D eigenvalue weighted by molar-refractivity contribution is 5.90. The van der Waals surface area contributed by atoms with Crippen LogP contribution in [0.5, 0.6) is 0 Å². The maximum atomic E-state index is 13.1. The number of amides is 2. The lowest BCUT2D eigenvalue weighted by atomic mass is 10.0. The molecule has 7 nitrogen and oxygen atoms in total. The van der Waals surface area contributed by atoms with Gasteiger partial charge in [0.1, 0.15) is 11.7 Å². The van der Waals surface area contributed by atoms with Gasteiger partial charge in [0.2, 0.25) is 11.8 Å². The zero-order valence-corrected chi connectivity index (χ0v) is 18.0. The summed E-state index contributed by atoms with van der Waals surface area (Å²) in [6, 6.07) is 11.2. The minimum absolute atomic E-state index is 0.0804. The third-order valence-electron chi connectivity index (χ3n) is 5.90. The molecule has 1 fully saturated rings. The second kappa shape index (κ2) is 9.31. The summed E-state index contributed by atoms with van der Waals surface area (Å²) < 4.78 is 0. The molecule has 1 aliphatic heterocycles. The van der Waals surface area contributed by atoms with Gasteiger partial charge in [0.15, 0.2) is 0 Å².